The van der Waals surface area contributed by atoms with Gasteiger partial charge in [0, 0.05) is 39.8 Å². The molecule has 2 heterocycles. The normalized spacial score (nSPS) is 16.6. The van der Waals surface area contributed by atoms with Crippen molar-refractivity contribution in [2.24, 2.45) is 11.8 Å². The SMILES string of the molecule is CC(C)C[C@@H](C(=O)O[C@H](C)C(=O)OCc1ccccc1)N(C)C(=O)[C@@H](Cc1ccc(N2CCOCC2)nc1)OC(=O)[C@H](CC1CC1)N(C)C(=O)OC(C)(C)C. The molecule has 0 radical (unpaired) electrons. The van der Waals surface area contributed by atoms with Gasteiger partial charge in [-0.3, -0.25) is 9.69 Å². The lowest BCUT2D eigenvalue weighted by Gasteiger charge is -2.33. The molecule has 1 aromatic carbocycles. The summed E-state index contributed by atoms with van der Waals surface area (Å²) in [4.78, 5) is 77.3. The molecule has 14 nitrogen and oxygen atoms in total. The van der Waals surface area contributed by atoms with Crippen LogP contribution in [0.3, 0.4) is 0 Å². The number of carbonyl (C=O) groups excluding carboxylic acids is 5. The molecule has 2 aromatic rings. The van der Waals surface area contributed by atoms with Gasteiger partial charge in [-0.1, -0.05) is 63.1 Å². The van der Waals surface area contributed by atoms with Gasteiger partial charge in [-0.25, -0.2) is 24.2 Å². The van der Waals surface area contributed by atoms with Crippen molar-refractivity contribution in [3.05, 3.63) is 59.8 Å². The van der Waals surface area contributed by atoms with Gasteiger partial charge in [0.15, 0.2) is 12.2 Å². The number of hydrogen-bond donors (Lipinski definition) is 0. The number of amides is 2. The molecule has 1 aromatic heterocycles. The summed E-state index contributed by atoms with van der Waals surface area (Å²) in [6.07, 6.45) is 0.638. The molecule has 0 N–H and O–H groups in total. The Kier molecular flexibility index (Phi) is 15.4. The highest BCUT2D eigenvalue weighted by atomic mass is 16.6. The molecule has 14 heteroatoms. The van der Waals surface area contributed by atoms with Crippen LogP contribution in [-0.4, -0.2) is 115 Å². The fourth-order valence-corrected chi connectivity index (χ4v) is 6.06. The first-order valence-electron chi connectivity index (χ1n) is 19.1. The van der Waals surface area contributed by atoms with Gasteiger partial charge in [0.05, 0.1) is 13.2 Å². The minimum Gasteiger partial charge on any atom is -0.458 e. The zero-order valence-electron chi connectivity index (χ0n) is 33.5. The summed E-state index contributed by atoms with van der Waals surface area (Å²) in [7, 11) is 2.93. The Morgan fingerprint density at radius 2 is 1.51 bits per heavy atom. The predicted molar refractivity (Wildman–Crippen MR) is 204 cm³/mol. The quantitative estimate of drug-likeness (QED) is 0.158. The molecule has 1 saturated heterocycles. The lowest BCUT2D eigenvalue weighted by atomic mass is 10.0. The number of likely N-dealkylation sites (N-methyl/N-ethyl adjacent to an activating group) is 2. The average molecular weight is 767 g/mol. The van der Waals surface area contributed by atoms with E-state index in [4.69, 9.17) is 23.7 Å². The number of benzene rings is 1. The molecule has 2 amide bonds. The van der Waals surface area contributed by atoms with Crippen molar-refractivity contribution in [3.8, 4) is 0 Å². The first kappa shape index (κ1) is 43.0. The van der Waals surface area contributed by atoms with E-state index in [2.05, 4.69) is 9.88 Å². The summed E-state index contributed by atoms with van der Waals surface area (Å²) in [5.74, 6) is -2.03. The molecule has 1 aliphatic carbocycles. The fraction of sp³-hybridized carbons (Fsp3) is 0.610. The number of hydrogen-bond acceptors (Lipinski definition) is 12. The summed E-state index contributed by atoms with van der Waals surface area (Å²) in [6, 6.07) is 10.7. The van der Waals surface area contributed by atoms with E-state index in [0.717, 1.165) is 24.2 Å². The first-order chi connectivity index (χ1) is 26.0. The standard InChI is InChI=1S/C41H58N4O10/c1-27(2)22-32(38(48)53-28(3)37(47)52-26-30-12-10-9-11-13-30)43(7)36(46)34(24-31-16-17-35(42-25-31)45-18-20-51-21-19-45)54-39(49)33(23-29-14-15-29)44(8)40(50)55-41(4,5)6/h9-13,16-17,25,27-29,32-34H,14-15,18-24,26H2,1-8H3/t28-,32+,33+,34-/m1/s1. The lowest BCUT2D eigenvalue weighted by Crippen LogP contribution is -2.52. The molecule has 55 heavy (non-hydrogen) atoms. The van der Waals surface area contributed by atoms with Crippen LogP contribution in [0.5, 0.6) is 0 Å². The van der Waals surface area contributed by atoms with Gasteiger partial charge in [0.25, 0.3) is 5.91 Å². The highest BCUT2D eigenvalue weighted by Crippen LogP contribution is 2.35. The lowest BCUT2D eigenvalue weighted by molar-refractivity contribution is -0.174. The third-order valence-electron chi connectivity index (χ3n) is 9.40. The zero-order valence-corrected chi connectivity index (χ0v) is 33.5. The summed E-state index contributed by atoms with van der Waals surface area (Å²) in [5.41, 5.74) is 0.603. The van der Waals surface area contributed by atoms with E-state index in [1.165, 1.54) is 30.8 Å². The number of rotatable bonds is 17. The smallest absolute Gasteiger partial charge is 0.410 e. The van der Waals surface area contributed by atoms with Crippen molar-refractivity contribution in [2.75, 3.05) is 45.3 Å². The van der Waals surface area contributed by atoms with Gasteiger partial charge in [-0.2, -0.15) is 0 Å². The Balaban J connectivity index is 1.56. The molecular weight excluding hydrogens is 708 g/mol. The van der Waals surface area contributed by atoms with E-state index < -0.39 is 59.8 Å². The Morgan fingerprint density at radius 1 is 0.855 bits per heavy atom. The van der Waals surface area contributed by atoms with Crippen LogP contribution in [0.4, 0.5) is 10.6 Å². The molecule has 1 saturated carbocycles. The van der Waals surface area contributed by atoms with E-state index in [0.29, 0.717) is 38.3 Å². The van der Waals surface area contributed by atoms with E-state index >= 15 is 0 Å². The van der Waals surface area contributed by atoms with Gasteiger partial charge in [0.1, 0.15) is 30.1 Å². The van der Waals surface area contributed by atoms with Gasteiger partial charge >= 0.3 is 24.0 Å². The number of aromatic nitrogens is 1. The van der Waals surface area contributed by atoms with Gasteiger partial charge < -0.3 is 33.5 Å². The number of carbonyl (C=O) groups is 5. The van der Waals surface area contributed by atoms with Crippen molar-refractivity contribution >= 4 is 35.7 Å². The Hall–Kier alpha value is -4.72. The zero-order chi connectivity index (χ0) is 40.3. The molecular formula is C41H58N4O10. The van der Waals surface area contributed by atoms with Crippen molar-refractivity contribution in [3.63, 3.8) is 0 Å². The molecule has 2 aliphatic rings. The van der Waals surface area contributed by atoms with Gasteiger partial charge in [0.2, 0.25) is 0 Å². The summed E-state index contributed by atoms with van der Waals surface area (Å²) >= 11 is 0. The number of morpholine rings is 1. The Labute approximate surface area is 324 Å². The third-order valence-corrected chi connectivity index (χ3v) is 9.40. The van der Waals surface area contributed by atoms with Crippen molar-refractivity contribution in [1.29, 1.82) is 0 Å². The molecule has 0 bridgehead atoms. The van der Waals surface area contributed by atoms with Gasteiger partial charge in [-0.05, 0) is 69.6 Å². The maximum absolute atomic E-state index is 14.5. The summed E-state index contributed by atoms with van der Waals surface area (Å²) in [6.45, 7) is 13.0. The number of ether oxygens (including phenoxy) is 5. The summed E-state index contributed by atoms with van der Waals surface area (Å²) in [5, 5.41) is 0. The third kappa shape index (κ3) is 13.5. The molecule has 1 aliphatic heterocycles. The van der Waals surface area contributed by atoms with Crippen LogP contribution in [0.25, 0.3) is 0 Å². The number of pyridine rings is 1. The maximum atomic E-state index is 14.5. The molecule has 4 atom stereocenters. The predicted octanol–water partition coefficient (Wildman–Crippen LogP) is 4.96. The highest BCUT2D eigenvalue weighted by molar-refractivity contribution is 5.90. The number of anilines is 1. The Bertz CT molecular complexity index is 1590. The van der Waals surface area contributed by atoms with Crippen LogP contribution in [0.1, 0.15) is 78.4 Å². The Morgan fingerprint density at radius 3 is 2.09 bits per heavy atom. The molecule has 0 spiro atoms. The molecule has 2 fully saturated rings. The molecule has 302 valence electrons. The number of nitrogens with zero attached hydrogens (tertiary/aromatic N) is 4. The van der Waals surface area contributed by atoms with Gasteiger partial charge in [-0.15, -0.1) is 0 Å². The van der Waals surface area contributed by atoms with Crippen LogP contribution in [0.15, 0.2) is 48.7 Å². The topological polar surface area (TPSA) is 154 Å². The second-order valence-corrected chi connectivity index (χ2v) is 15.8. The van der Waals surface area contributed by atoms with E-state index in [-0.39, 0.29) is 31.3 Å². The highest BCUT2D eigenvalue weighted by Gasteiger charge is 2.41. The molecule has 4 rings (SSSR count). The van der Waals surface area contributed by atoms with Crippen molar-refractivity contribution in [1.82, 2.24) is 14.8 Å². The van der Waals surface area contributed by atoms with Crippen LogP contribution in [0.2, 0.25) is 0 Å². The second-order valence-electron chi connectivity index (χ2n) is 15.8. The van der Waals surface area contributed by atoms with Crippen LogP contribution >= 0.6 is 0 Å². The maximum Gasteiger partial charge on any atom is 0.410 e. The fourth-order valence-electron chi connectivity index (χ4n) is 6.06. The molecule has 0 unspecified atom stereocenters. The van der Waals surface area contributed by atoms with Crippen LogP contribution < -0.4 is 4.90 Å². The minimum atomic E-state index is -1.39. The van der Waals surface area contributed by atoms with Crippen molar-refractivity contribution in [2.45, 2.75) is 110 Å². The number of esters is 3. The largest absolute Gasteiger partial charge is 0.458 e. The summed E-state index contributed by atoms with van der Waals surface area (Å²) < 4.78 is 28.0. The van der Waals surface area contributed by atoms with Crippen molar-refractivity contribution < 1.29 is 47.7 Å². The first-order valence-corrected chi connectivity index (χ1v) is 19.1. The minimum absolute atomic E-state index is 0.00949. The van der Waals surface area contributed by atoms with Crippen LogP contribution in [0, 0.1) is 11.8 Å². The van der Waals surface area contributed by atoms with E-state index in [9.17, 15) is 24.0 Å². The van der Waals surface area contributed by atoms with Crippen LogP contribution in [-0.2, 0) is 55.9 Å². The van der Waals surface area contributed by atoms with E-state index in [1.807, 2.05) is 56.3 Å². The monoisotopic (exact) mass is 766 g/mol. The van der Waals surface area contributed by atoms with E-state index in [1.54, 1.807) is 27.0 Å². The average Bonchev–Trinajstić information content (AvgIpc) is 3.98. The second kappa shape index (κ2) is 19.7.